The van der Waals surface area contributed by atoms with E-state index in [1.165, 1.54) is 0 Å². The number of carbonyl (C=O) groups excluding carboxylic acids is 1. The number of rotatable bonds is 14. The first-order valence-corrected chi connectivity index (χ1v) is 28.8. The molecule has 0 aromatic heterocycles. The van der Waals surface area contributed by atoms with Gasteiger partial charge in [-0.15, -0.1) is 0 Å². The van der Waals surface area contributed by atoms with E-state index in [9.17, 15) is 4.79 Å². The third-order valence-electron chi connectivity index (χ3n) is 3.72. The molecular formula is C21H52O6Si5. The van der Waals surface area contributed by atoms with E-state index in [-0.39, 0.29) is 18.2 Å². The summed E-state index contributed by atoms with van der Waals surface area (Å²) in [6.07, 6.45) is -0.774. The van der Waals surface area contributed by atoms with E-state index in [0.717, 1.165) is 0 Å². The summed E-state index contributed by atoms with van der Waals surface area (Å²) in [5.74, 6) is -0.270. The van der Waals surface area contributed by atoms with Gasteiger partial charge in [-0.3, -0.25) is 4.79 Å². The second-order valence-electron chi connectivity index (χ2n) is 13.4. The van der Waals surface area contributed by atoms with E-state index in [2.05, 4.69) is 78.6 Å². The van der Waals surface area contributed by atoms with Crippen LogP contribution in [0.2, 0.25) is 98.2 Å². The van der Waals surface area contributed by atoms with E-state index < -0.39 is 47.7 Å². The first kappa shape index (κ1) is 32.4. The third kappa shape index (κ3) is 17.8. The minimum atomic E-state index is -2.05. The Morgan fingerprint density at radius 3 is 1.31 bits per heavy atom. The van der Waals surface area contributed by atoms with Crippen LogP contribution in [0.1, 0.15) is 6.42 Å². The van der Waals surface area contributed by atoms with Crippen molar-refractivity contribution >= 4 is 47.6 Å². The van der Waals surface area contributed by atoms with Crippen molar-refractivity contribution in [2.24, 2.45) is 0 Å². The minimum absolute atomic E-state index is 0.243. The van der Waals surface area contributed by atoms with E-state index in [1.54, 1.807) is 0 Å². The Morgan fingerprint density at radius 1 is 0.562 bits per heavy atom. The molecule has 0 amide bonds. The van der Waals surface area contributed by atoms with Crippen LogP contribution in [0.15, 0.2) is 0 Å². The van der Waals surface area contributed by atoms with Crippen molar-refractivity contribution in [3.8, 4) is 0 Å². The van der Waals surface area contributed by atoms with Gasteiger partial charge < -0.3 is 22.1 Å². The molecule has 0 bridgehead atoms. The Morgan fingerprint density at radius 2 is 0.969 bits per heavy atom. The lowest BCUT2D eigenvalue weighted by molar-refractivity contribution is -0.145. The molecule has 0 N–H and O–H groups in total. The van der Waals surface area contributed by atoms with E-state index in [4.69, 9.17) is 22.1 Å². The highest BCUT2D eigenvalue weighted by Crippen LogP contribution is 2.25. The molecule has 0 aliphatic heterocycles. The van der Waals surface area contributed by atoms with Gasteiger partial charge in [-0.25, -0.2) is 0 Å². The van der Waals surface area contributed by atoms with E-state index >= 15 is 0 Å². The van der Waals surface area contributed by atoms with Gasteiger partial charge in [-0.2, -0.15) is 0 Å². The standard InChI is InChI=1S/C21H52O6Si5/c1-28(2,3)23-17-20(26-31(10,11)12)18(24-29(4,5)6)16-19(25-30(7,8)9)21(22)27-32(13,14)15/h18-20H,16-17H2,1-15H3/t18-,19-,20-/m1/s1. The van der Waals surface area contributed by atoms with E-state index in [0.29, 0.717) is 13.0 Å². The molecular weight excluding hydrogens is 489 g/mol. The first-order chi connectivity index (χ1) is 13.9. The number of hydrogen-bond acceptors (Lipinski definition) is 6. The monoisotopic (exact) mass is 540 g/mol. The molecule has 0 saturated carbocycles. The largest absolute Gasteiger partial charge is 0.518 e. The average molecular weight is 541 g/mol. The van der Waals surface area contributed by atoms with Gasteiger partial charge in [0, 0.05) is 6.42 Å². The van der Waals surface area contributed by atoms with Crippen molar-refractivity contribution in [2.45, 2.75) is 123 Å². The predicted molar refractivity (Wildman–Crippen MR) is 148 cm³/mol. The lowest BCUT2D eigenvalue weighted by Gasteiger charge is -2.39. The van der Waals surface area contributed by atoms with Crippen LogP contribution in [0.5, 0.6) is 0 Å². The number of carbonyl (C=O) groups is 1. The van der Waals surface area contributed by atoms with Gasteiger partial charge in [0.25, 0.3) is 0 Å². The van der Waals surface area contributed by atoms with Crippen LogP contribution >= 0.6 is 0 Å². The second kappa shape index (κ2) is 11.9. The van der Waals surface area contributed by atoms with Gasteiger partial charge >= 0.3 is 5.97 Å². The summed E-state index contributed by atoms with van der Waals surface area (Å²) < 4.78 is 31.8. The Bertz CT molecular complexity index is 582. The van der Waals surface area contributed by atoms with Crippen LogP contribution in [0, 0.1) is 0 Å². The third-order valence-corrected chi connectivity index (χ3v) is 8.57. The maximum Gasteiger partial charge on any atom is 0.320 e. The molecule has 32 heavy (non-hydrogen) atoms. The Labute approximate surface area is 203 Å². The lowest BCUT2D eigenvalue weighted by Crippen LogP contribution is -2.51. The molecule has 0 heterocycles. The van der Waals surface area contributed by atoms with Crippen LogP contribution in [0.4, 0.5) is 0 Å². The molecule has 0 aromatic carbocycles. The maximum atomic E-state index is 13.2. The van der Waals surface area contributed by atoms with Gasteiger partial charge in [0.15, 0.2) is 33.3 Å². The lowest BCUT2D eigenvalue weighted by atomic mass is 10.1. The molecule has 0 unspecified atom stereocenters. The SMILES string of the molecule is C[Si](C)(C)OC[C@@H](O[Si](C)(C)C)[C@@H](C[C@@H](O[Si](C)(C)C)C(=O)O[Si](C)(C)C)O[Si](C)(C)C. The van der Waals surface area contributed by atoms with Gasteiger partial charge in [0.1, 0.15) is 6.10 Å². The molecule has 0 aliphatic rings. The zero-order valence-electron chi connectivity index (χ0n) is 23.6. The van der Waals surface area contributed by atoms with Crippen molar-refractivity contribution in [3.05, 3.63) is 0 Å². The van der Waals surface area contributed by atoms with Gasteiger partial charge in [0.2, 0.25) is 8.32 Å². The highest BCUT2D eigenvalue weighted by Gasteiger charge is 2.39. The first-order valence-electron chi connectivity index (χ1n) is 11.8. The average Bonchev–Trinajstić information content (AvgIpc) is 2.43. The maximum absolute atomic E-state index is 13.2. The van der Waals surface area contributed by atoms with Crippen LogP contribution < -0.4 is 0 Å². The molecule has 0 saturated heterocycles. The molecule has 0 radical (unpaired) electrons. The van der Waals surface area contributed by atoms with Crippen molar-refractivity contribution in [3.63, 3.8) is 0 Å². The topological polar surface area (TPSA) is 63.2 Å². The van der Waals surface area contributed by atoms with Crippen molar-refractivity contribution < 1.29 is 26.9 Å². The predicted octanol–water partition coefficient (Wildman–Crippen LogP) is 6.27. The summed E-state index contributed by atoms with van der Waals surface area (Å²) in [5.41, 5.74) is 0. The fourth-order valence-corrected chi connectivity index (χ4v) is 7.66. The molecule has 192 valence electrons. The summed E-state index contributed by atoms with van der Waals surface area (Å²) in [7, 11) is -9.63. The van der Waals surface area contributed by atoms with Gasteiger partial charge in [-0.05, 0) is 98.2 Å². The van der Waals surface area contributed by atoms with Crippen molar-refractivity contribution in [1.29, 1.82) is 0 Å². The normalized spacial score (nSPS) is 17.1. The molecule has 0 fully saturated rings. The molecule has 0 aromatic rings. The van der Waals surface area contributed by atoms with Crippen LogP contribution in [0.25, 0.3) is 0 Å². The Balaban J connectivity index is 6.07. The fraction of sp³-hybridized carbons (Fsp3) is 0.952. The summed E-state index contributed by atoms with van der Waals surface area (Å²) >= 11 is 0. The summed E-state index contributed by atoms with van der Waals surface area (Å²) in [4.78, 5) is 13.2. The van der Waals surface area contributed by atoms with Crippen molar-refractivity contribution in [2.75, 3.05) is 6.61 Å². The molecule has 0 aliphatic carbocycles. The van der Waals surface area contributed by atoms with Gasteiger partial charge in [0.05, 0.1) is 18.8 Å². The molecule has 0 spiro atoms. The minimum Gasteiger partial charge on any atom is -0.518 e. The zero-order valence-corrected chi connectivity index (χ0v) is 28.6. The van der Waals surface area contributed by atoms with Crippen LogP contribution in [-0.4, -0.2) is 72.5 Å². The zero-order chi connectivity index (χ0) is 25.8. The molecule has 3 atom stereocenters. The van der Waals surface area contributed by atoms with Crippen molar-refractivity contribution in [1.82, 2.24) is 0 Å². The highest BCUT2D eigenvalue weighted by atomic mass is 28.4. The van der Waals surface area contributed by atoms with Gasteiger partial charge in [-0.1, -0.05) is 0 Å². The Kier molecular flexibility index (Phi) is 12.0. The summed E-state index contributed by atoms with van der Waals surface area (Å²) in [6, 6.07) is 0. The summed E-state index contributed by atoms with van der Waals surface area (Å²) in [5, 5.41) is 0. The Hall–Kier alpha value is 0.394. The number of hydrogen-bond donors (Lipinski definition) is 0. The van der Waals surface area contributed by atoms with E-state index in [1.807, 2.05) is 19.6 Å². The van der Waals surface area contributed by atoms with Crippen LogP contribution in [0.3, 0.4) is 0 Å². The summed E-state index contributed by atoms with van der Waals surface area (Å²) in [6.45, 7) is 32.4. The molecule has 11 heteroatoms. The quantitative estimate of drug-likeness (QED) is 0.242. The second-order valence-corrected chi connectivity index (χ2v) is 35.8. The smallest absolute Gasteiger partial charge is 0.320 e. The molecule has 6 nitrogen and oxygen atoms in total. The fourth-order valence-electron chi connectivity index (χ4n) is 2.93. The van der Waals surface area contributed by atoms with Crippen LogP contribution in [-0.2, 0) is 26.9 Å². The highest BCUT2D eigenvalue weighted by molar-refractivity contribution is 6.72. The molecule has 0 rings (SSSR count).